The summed E-state index contributed by atoms with van der Waals surface area (Å²) in [5.41, 5.74) is 0.900. The summed E-state index contributed by atoms with van der Waals surface area (Å²) in [4.78, 5) is 81.3. The third-order valence-electron chi connectivity index (χ3n) is 5.92. The zero-order valence-electron chi connectivity index (χ0n) is 26.2. The number of carbonyl (C=O) groups is 7. The number of methoxy groups -OCH3 is 1. The molecule has 0 radical (unpaired) electrons. The Bertz CT molecular complexity index is 1060. The quantitative estimate of drug-likeness (QED) is 0.0803. The number of unbranched alkanes of at least 4 members (excludes halogenated alkanes) is 2. The van der Waals surface area contributed by atoms with Crippen molar-refractivity contribution in [2.75, 3.05) is 40.3 Å². The molecular formula is C31H47N5O8. The number of nitrogens with zero attached hydrogens (tertiary/aromatic N) is 1. The van der Waals surface area contributed by atoms with Crippen LogP contribution in [-0.4, -0.2) is 93.1 Å². The van der Waals surface area contributed by atoms with Crippen molar-refractivity contribution in [1.29, 1.82) is 0 Å². The van der Waals surface area contributed by atoms with E-state index < -0.39 is 17.9 Å². The third kappa shape index (κ3) is 18.9. The molecule has 0 bridgehead atoms. The molecule has 0 aromatic heterocycles. The first-order valence-electron chi connectivity index (χ1n) is 14.8. The van der Waals surface area contributed by atoms with Gasteiger partial charge in [-0.25, -0.2) is 0 Å². The Morgan fingerprint density at radius 3 is 2.05 bits per heavy atom. The molecule has 0 spiro atoms. The summed E-state index contributed by atoms with van der Waals surface area (Å²) in [6, 6.07) is 8.52. The maximum absolute atomic E-state index is 12.0. The first-order chi connectivity index (χ1) is 21.2. The molecule has 1 aromatic carbocycles. The molecule has 2 rings (SSSR count). The number of benzene rings is 1. The van der Waals surface area contributed by atoms with E-state index in [1.54, 1.807) is 0 Å². The van der Waals surface area contributed by atoms with Crippen molar-refractivity contribution in [3.05, 3.63) is 48.0 Å². The SMILES string of the molecule is CC.CNCCCC(=O)OC.O=CC(Cc1ccccc1)NC(=O)CNC(=O)CNC(=O)CCCCCN1C(=O)C=CC1=O. The molecule has 1 aliphatic rings. The van der Waals surface area contributed by atoms with Crippen LogP contribution in [0.2, 0.25) is 0 Å². The van der Waals surface area contributed by atoms with Crippen LogP contribution in [0, 0.1) is 0 Å². The van der Waals surface area contributed by atoms with Crippen molar-refractivity contribution in [3.8, 4) is 0 Å². The van der Waals surface area contributed by atoms with Crippen LogP contribution >= 0.6 is 0 Å². The maximum Gasteiger partial charge on any atom is 0.305 e. The zero-order valence-corrected chi connectivity index (χ0v) is 26.2. The van der Waals surface area contributed by atoms with Gasteiger partial charge in [0.25, 0.3) is 11.8 Å². The molecule has 0 saturated heterocycles. The van der Waals surface area contributed by atoms with Gasteiger partial charge in [0.05, 0.1) is 26.2 Å². The average molecular weight is 618 g/mol. The van der Waals surface area contributed by atoms with E-state index in [1.165, 1.54) is 19.3 Å². The van der Waals surface area contributed by atoms with Gasteiger partial charge in [-0.15, -0.1) is 0 Å². The van der Waals surface area contributed by atoms with Crippen LogP contribution in [0.1, 0.15) is 57.9 Å². The number of carbonyl (C=O) groups excluding carboxylic acids is 7. The first-order valence-corrected chi connectivity index (χ1v) is 14.8. The smallest absolute Gasteiger partial charge is 0.305 e. The summed E-state index contributed by atoms with van der Waals surface area (Å²) >= 11 is 0. The van der Waals surface area contributed by atoms with Crippen LogP contribution in [0.25, 0.3) is 0 Å². The summed E-state index contributed by atoms with van der Waals surface area (Å²) in [6.07, 6.45) is 6.81. The summed E-state index contributed by atoms with van der Waals surface area (Å²) in [5.74, 6) is -2.13. The minimum atomic E-state index is -0.700. The number of aldehydes is 1. The standard InChI is InChI=1S/C23H28N4O6.C6H13NO2.C2H6/c28-16-18(13-17-7-3-1-4-8-17)26-21(31)15-25-20(30)14-24-19(29)9-5-2-6-12-27-22(32)10-11-23(27)33;1-7-5-3-4-6(8)9-2;1-2/h1,3-4,7-8,10-11,16,18H,2,5-6,9,12-15H2,(H,24,29)(H,25,30)(H,26,31);7H,3-5H2,1-2H3;1-2H3. The molecule has 0 saturated carbocycles. The van der Waals surface area contributed by atoms with Crippen molar-refractivity contribution in [2.24, 2.45) is 0 Å². The van der Waals surface area contributed by atoms with E-state index in [4.69, 9.17) is 0 Å². The van der Waals surface area contributed by atoms with Gasteiger partial charge in [-0.1, -0.05) is 50.6 Å². The lowest BCUT2D eigenvalue weighted by Gasteiger charge is -2.13. The van der Waals surface area contributed by atoms with Crippen LogP contribution in [0.5, 0.6) is 0 Å². The van der Waals surface area contributed by atoms with Crippen LogP contribution in [0.3, 0.4) is 0 Å². The molecule has 0 aliphatic carbocycles. The molecule has 13 heteroatoms. The zero-order chi connectivity index (χ0) is 33.2. The molecule has 4 N–H and O–H groups in total. The number of ether oxygens (including phenoxy) is 1. The number of nitrogens with one attached hydrogen (secondary N) is 4. The fraction of sp³-hybridized carbons (Fsp3) is 0.516. The van der Waals surface area contributed by atoms with Gasteiger partial charge in [-0.2, -0.15) is 0 Å². The van der Waals surface area contributed by atoms with Gasteiger partial charge in [0, 0.05) is 31.5 Å². The molecule has 1 aliphatic heterocycles. The van der Waals surface area contributed by atoms with Gasteiger partial charge in [0.1, 0.15) is 6.29 Å². The van der Waals surface area contributed by atoms with Crippen molar-refractivity contribution >= 4 is 41.8 Å². The molecule has 44 heavy (non-hydrogen) atoms. The second-order valence-corrected chi connectivity index (χ2v) is 9.31. The summed E-state index contributed by atoms with van der Waals surface area (Å²) in [7, 11) is 3.26. The van der Waals surface area contributed by atoms with Crippen LogP contribution < -0.4 is 21.3 Å². The van der Waals surface area contributed by atoms with E-state index >= 15 is 0 Å². The van der Waals surface area contributed by atoms with Gasteiger partial charge in [-0.05, 0) is 44.8 Å². The summed E-state index contributed by atoms with van der Waals surface area (Å²) < 4.78 is 4.43. The number of esters is 1. The number of rotatable bonds is 18. The van der Waals surface area contributed by atoms with Gasteiger partial charge in [0.2, 0.25) is 17.7 Å². The molecule has 1 atom stereocenters. The van der Waals surface area contributed by atoms with Gasteiger partial charge < -0.3 is 30.8 Å². The highest BCUT2D eigenvalue weighted by Gasteiger charge is 2.22. The van der Waals surface area contributed by atoms with Gasteiger partial charge in [-0.3, -0.25) is 33.7 Å². The highest BCUT2D eigenvalue weighted by molar-refractivity contribution is 6.12. The molecule has 1 heterocycles. The Kier molecular flexibility index (Phi) is 22.6. The van der Waals surface area contributed by atoms with E-state index in [0.717, 1.165) is 23.4 Å². The summed E-state index contributed by atoms with van der Waals surface area (Å²) in [6.45, 7) is 4.61. The predicted octanol–water partition coefficient (Wildman–Crippen LogP) is 0.816. The molecule has 13 nitrogen and oxygen atoms in total. The van der Waals surface area contributed by atoms with Crippen LogP contribution in [0.4, 0.5) is 0 Å². The topological polar surface area (TPSA) is 180 Å². The fourth-order valence-corrected chi connectivity index (χ4v) is 3.66. The van der Waals surface area contributed by atoms with E-state index in [2.05, 4.69) is 26.0 Å². The van der Waals surface area contributed by atoms with Gasteiger partial charge >= 0.3 is 5.97 Å². The Morgan fingerprint density at radius 2 is 1.45 bits per heavy atom. The fourth-order valence-electron chi connectivity index (χ4n) is 3.66. The van der Waals surface area contributed by atoms with E-state index in [9.17, 15) is 33.6 Å². The lowest BCUT2D eigenvalue weighted by atomic mass is 10.1. The predicted molar refractivity (Wildman–Crippen MR) is 165 cm³/mol. The highest BCUT2D eigenvalue weighted by atomic mass is 16.5. The lowest BCUT2D eigenvalue weighted by molar-refractivity contribution is -0.141. The molecule has 5 amide bonds. The van der Waals surface area contributed by atoms with E-state index in [-0.39, 0.29) is 43.2 Å². The van der Waals surface area contributed by atoms with E-state index in [0.29, 0.717) is 44.9 Å². The second kappa shape index (κ2) is 25.1. The Morgan fingerprint density at radius 1 is 0.841 bits per heavy atom. The number of hydrogen-bond donors (Lipinski definition) is 4. The third-order valence-corrected chi connectivity index (χ3v) is 5.92. The van der Waals surface area contributed by atoms with Crippen molar-refractivity contribution in [1.82, 2.24) is 26.2 Å². The molecule has 0 fully saturated rings. The highest BCUT2D eigenvalue weighted by Crippen LogP contribution is 2.07. The number of amides is 5. The maximum atomic E-state index is 12.0. The van der Waals surface area contributed by atoms with Crippen molar-refractivity contribution in [3.63, 3.8) is 0 Å². The number of hydrogen-bond acceptors (Lipinski definition) is 9. The van der Waals surface area contributed by atoms with Crippen LogP contribution in [-0.2, 0) is 44.7 Å². The Balaban J connectivity index is 0.00000144. The normalized spacial score (nSPS) is 12.1. The second-order valence-electron chi connectivity index (χ2n) is 9.31. The minimum absolute atomic E-state index is 0.134. The monoisotopic (exact) mass is 617 g/mol. The molecule has 1 unspecified atom stereocenters. The van der Waals surface area contributed by atoms with Gasteiger partial charge in [0.15, 0.2) is 0 Å². The van der Waals surface area contributed by atoms with Crippen molar-refractivity contribution in [2.45, 2.75) is 64.8 Å². The van der Waals surface area contributed by atoms with Crippen molar-refractivity contribution < 1.29 is 38.3 Å². The Hall–Kier alpha value is -4.39. The molecule has 1 aromatic rings. The van der Waals surface area contributed by atoms with E-state index in [1.807, 2.05) is 51.2 Å². The van der Waals surface area contributed by atoms with Crippen LogP contribution in [0.15, 0.2) is 42.5 Å². The average Bonchev–Trinajstić information content (AvgIpc) is 3.36. The lowest BCUT2D eigenvalue weighted by Crippen LogP contribution is -2.45. The largest absolute Gasteiger partial charge is 0.469 e. The minimum Gasteiger partial charge on any atom is -0.469 e. The Labute approximate surface area is 259 Å². The first kappa shape index (κ1) is 39.6. The molecule has 244 valence electrons. The molecular weight excluding hydrogens is 570 g/mol. The summed E-state index contributed by atoms with van der Waals surface area (Å²) in [5, 5.41) is 10.3. The number of imide groups is 1.